The van der Waals surface area contributed by atoms with Gasteiger partial charge in [0.1, 0.15) is 0 Å². The average molecular weight is 424 g/mol. The van der Waals surface area contributed by atoms with Crippen molar-refractivity contribution in [1.82, 2.24) is 0 Å². The van der Waals surface area contributed by atoms with Gasteiger partial charge in [0.2, 0.25) is 5.91 Å². The van der Waals surface area contributed by atoms with E-state index in [0.717, 1.165) is 19.3 Å². The molecule has 1 aliphatic carbocycles. The third-order valence-electron chi connectivity index (χ3n) is 4.95. The number of hydrogen-bond donors (Lipinski definition) is 3. The van der Waals surface area contributed by atoms with Crippen molar-refractivity contribution in [2.75, 3.05) is 10.0 Å². The molecule has 0 aliphatic heterocycles. The molecule has 0 spiro atoms. The van der Waals surface area contributed by atoms with E-state index >= 15 is 0 Å². The van der Waals surface area contributed by atoms with Gasteiger partial charge in [0.25, 0.3) is 10.0 Å². The number of carbonyl (C=O) groups is 1. The number of hydrogen-bond acceptors (Lipinski definition) is 4. The van der Waals surface area contributed by atoms with Crippen LogP contribution in [0.25, 0.3) is 0 Å². The van der Waals surface area contributed by atoms with E-state index in [2.05, 4.69) is 10.0 Å². The summed E-state index contributed by atoms with van der Waals surface area (Å²) in [5, 5.41) is 2.81. The van der Waals surface area contributed by atoms with Gasteiger partial charge in [-0.25, -0.2) is 8.42 Å². The second kappa shape index (κ2) is 9.41. The van der Waals surface area contributed by atoms with Crippen LogP contribution in [-0.2, 0) is 14.8 Å². The summed E-state index contributed by atoms with van der Waals surface area (Å²) < 4.78 is 28.0. The molecule has 3 rings (SSSR count). The lowest BCUT2D eigenvalue weighted by Crippen LogP contribution is -2.28. The molecule has 0 radical (unpaired) electrons. The Labute approximate surface area is 172 Å². The number of rotatable bonds is 6. The minimum absolute atomic E-state index is 0. The maximum atomic E-state index is 12.7. The SMILES string of the molecule is Cc1ccc(NC(=O)C[C@@H]2CCC[C@H]2N)cc1S(=O)(=O)Nc1ccccc1.Cl. The first kappa shape index (κ1) is 22.2. The highest BCUT2D eigenvalue weighted by molar-refractivity contribution is 7.92. The van der Waals surface area contributed by atoms with Gasteiger partial charge >= 0.3 is 0 Å². The largest absolute Gasteiger partial charge is 0.327 e. The van der Waals surface area contributed by atoms with Gasteiger partial charge in [-0.3, -0.25) is 9.52 Å². The number of nitrogens with two attached hydrogens (primary N) is 1. The topological polar surface area (TPSA) is 101 Å². The van der Waals surface area contributed by atoms with Gasteiger partial charge < -0.3 is 11.1 Å². The van der Waals surface area contributed by atoms with Gasteiger partial charge in [0.15, 0.2) is 0 Å². The lowest BCUT2D eigenvalue weighted by Gasteiger charge is -2.16. The van der Waals surface area contributed by atoms with Gasteiger partial charge in [0, 0.05) is 23.8 Å². The fraction of sp³-hybridized carbons (Fsp3) is 0.350. The first-order chi connectivity index (χ1) is 12.8. The monoisotopic (exact) mass is 423 g/mol. The van der Waals surface area contributed by atoms with Crippen LogP contribution >= 0.6 is 12.4 Å². The summed E-state index contributed by atoms with van der Waals surface area (Å²) in [5.74, 6) is 0.0546. The molecule has 0 heterocycles. The van der Waals surface area contributed by atoms with Crippen LogP contribution in [-0.4, -0.2) is 20.4 Å². The Bertz CT molecular complexity index is 920. The quantitative estimate of drug-likeness (QED) is 0.659. The van der Waals surface area contributed by atoms with E-state index in [-0.39, 0.29) is 35.2 Å². The molecule has 2 aromatic carbocycles. The number of aryl methyl sites for hydroxylation is 1. The highest BCUT2D eigenvalue weighted by atomic mass is 35.5. The zero-order valence-corrected chi connectivity index (χ0v) is 17.4. The van der Waals surface area contributed by atoms with Gasteiger partial charge in [-0.1, -0.05) is 30.7 Å². The summed E-state index contributed by atoms with van der Waals surface area (Å²) in [5.41, 5.74) is 7.58. The van der Waals surface area contributed by atoms with Crippen molar-refractivity contribution in [3.05, 3.63) is 54.1 Å². The van der Waals surface area contributed by atoms with Crippen LogP contribution in [0.1, 0.15) is 31.2 Å². The minimum atomic E-state index is -3.75. The van der Waals surface area contributed by atoms with Crippen LogP contribution in [0.15, 0.2) is 53.4 Å². The van der Waals surface area contributed by atoms with Crippen molar-refractivity contribution in [2.24, 2.45) is 11.7 Å². The number of para-hydroxylation sites is 1. The zero-order valence-electron chi connectivity index (χ0n) is 15.7. The third-order valence-corrected chi connectivity index (χ3v) is 6.48. The number of halogens is 1. The molecule has 4 N–H and O–H groups in total. The summed E-state index contributed by atoms with van der Waals surface area (Å²) >= 11 is 0. The maximum absolute atomic E-state index is 12.7. The second-order valence-electron chi connectivity index (χ2n) is 7.06. The van der Waals surface area contributed by atoms with Gasteiger partial charge in [-0.05, 0) is 55.5 Å². The highest BCUT2D eigenvalue weighted by Gasteiger charge is 2.26. The lowest BCUT2D eigenvalue weighted by atomic mass is 10.00. The standard InChI is InChI=1S/C20H25N3O3S.ClH/c1-14-10-11-17(22-20(24)12-15-6-5-9-18(15)21)13-19(14)27(25,26)23-16-7-3-2-4-8-16;/h2-4,7-8,10-11,13,15,18,23H,5-6,9,12,21H2,1H3,(H,22,24);1H/t15-,18+;/m0./s1. The van der Waals surface area contributed by atoms with Crippen molar-refractivity contribution in [3.8, 4) is 0 Å². The molecule has 2 aromatic rings. The molecule has 1 amide bonds. The first-order valence-electron chi connectivity index (χ1n) is 9.09. The number of carbonyl (C=O) groups excluding carboxylic acids is 1. The summed E-state index contributed by atoms with van der Waals surface area (Å²) in [4.78, 5) is 12.5. The van der Waals surface area contributed by atoms with Crippen molar-refractivity contribution in [2.45, 2.75) is 43.5 Å². The second-order valence-corrected chi connectivity index (χ2v) is 8.71. The molecular formula is C20H26ClN3O3S. The van der Waals surface area contributed by atoms with Crippen molar-refractivity contribution in [1.29, 1.82) is 0 Å². The van der Waals surface area contributed by atoms with E-state index in [4.69, 9.17) is 5.73 Å². The molecule has 152 valence electrons. The first-order valence-corrected chi connectivity index (χ1v) is 10.6. The molecule has 1 aliphatic rings. The predicted octanol–water partition coefficient (Wildman–Crippen LogP) is 3.67. The highest BCUT2D eigenvalue weighted by Crippen LogP contribution is 2.28. The van der Waals surface area contributed by atoms with Crippen molar-refractivity contribution in [3.63, 3.8) is 0 Å². The Kier molecular flexibility index (Phi) is 7.46. The van der Waals surface area contributed by atoms with Crippen LogP contribution in [0.3, 0.4) is 0 Å². The van der Waals surface area contributed by atoms with E-state index in [9.17, 15) is 13.2 Å². The number of amides is 1. The van der Waals surface area contributed by atoms with E-state index in [1.807, 2.05) is 6.07 Å². The van der Waals surface area contributed by atoms with Crippen LogP contribution in [0.2, 0.25) is 0 Å². The van der Waals surface area contributed by atoms with Gasteiger partial charge in [-0.2, -0.15) is 0 Å². The Morgan fingerprint density at radius 2 is 1.82 bits per heavy atom. The lowest BCUT2D eigenvalue weighted by molar-refractivity contribution is -0.117. The molecule has 0 bridgehead atoms. The van der Waals surface area contributed by atoms with Crippen molar-refractivity contribution < 1.29 is 13.2 Å². The molecule has 0 saturated heterocycles. The number of benzene rings is 2. The molecule has 1 fully saturated rings. The summed E-state index contributed by atoms with van der Waals surface area (Å²) in [6, 6.07) is 13.7. The van der Waals surface area contributed by atoms with Crippen molar-refractivity contribution >= 4 is 39.7 Å². The molecule has 28 heavy (non-hydrogen) atoms. The molecule has 2 atom stereocenters. The Morgan fingerprint density at radius 3 is 2.46 bits per heavy atom. The molecular weight excluding hydrogens is 398 g/mol. The maximum Gasteiger partial charge on any atom is 0.262 e. The Balaban J connectivity index is 0.00000280. The van der Waals surface area contributed by atoms with Crippen LogP contribution in [0, 0.1) is 12.8 Å². The van der Waals surface area contributed by atoms with E-state index in [1.54, 1.807) is 43.3 Å². The molecule has 6 nitrogen and oxygen atoms in total. The third kappa shape index (κ3) is 5.47. The Morgan fingerprint density at radius 1 is 1.11 bits per heavy atom. The van der Waals surface area contributed by atoms with E-state index in [1.165, 1.54) is 6.07 Å². The number of nitrogens with one attached hydrogen (secondary N) is 2. The summed E-state index contributed by atoms with van der Waals surface area (Å²) in [7, 11) is -3.75. The Hall–Kier alpha value is -2.09. The zero-order chi connectivity index (χ0) is 19.4. The molecule has 8 heteroatoms. The van der Waals surface area contributed by atoms with Gasteiger partial charge in [0.05, 0.1) is 4.90 Å². The minimum Gasteiger partial charge on any atom is -0.327 e. The normalized spacial score (nSPS) is 18.9. The summed E-state index contributed by atoms with van der Waals surface area (Å²) in [6.45, 7) is 1.72. The fourth-order valence-corrected chi connectivity index (χ4v) is 4.78. The molecule has 0 aromatic heterocycles. The molecule has 1 saturated carbocycles. The van der Waals surface area contributed by atoms with E-state index < -0.39 is 10.0 Å². The number of anilines is 2. The molecule has 0 unspecified atom stereocenters. The predicted molar refractivity (Wildman–Crippen MR) is 114 cm³/mol. The van der Waals surface area contributed by atoms with Crippen LogP contribution in [0.5, 0.6) is 0 Å². The van der Waals surface area contributed by atoms with E-state index in [0.29, 0.717) is 23.4 Å². The number of sulfonamides is 1. The summed E-state index contributed by atoms with van der Waals surface area (Å²) in [6.07, 6.45) is 3.33. The van der Waals surface area contributed by atoms with Gasteiger partial charge in [-0.15, -0.1) is 12.4 Å². The van der Waals surface area contributed by atoms with Crippen LogP contribution < -0.4 is 15.8 Å². The average Bonchev–Trinajstić information content (AvgIpc) is 3.01. The van der Waals surface area contributed by atoms with Crippen LogP contribution in [0.4, 0.5) is 11.4 Å². The fourth-order valence-electron chi connectivity index (χ4n) is 3.45. The smallest absolute Gasteiger partial charge is 0.262 e.